The Balaban J connectivity index is 1.72. The zero-order valence-corrected chi connectivity index (χ0v) is 16.3. The number of nitrogens with two attached hydrogens (primary N) is 1. The molecule has 3 aromatic rings. The molecule has 2 N–H and O–H groups in total. The van der Waals surface area contributed by atoms with Crippen LogP contribution in [0.5, 0.6) is 0 Å². The van der Waals surface area contributed by atoms with Crippen LogP contribution in [0.3, 0.4) is 0 Å². The fourth-order valence-corrected chi connectivity index (χ4v) is 4.96. The molecule has 0 atom stereocenters. The van der Waals surface area contributed by atoms with Crippen LogP contribution >= 0.6 is 11.8 Å². The molecule has 1 amide bonds. The van der Waals surface area contributed by atoms with E-state index in [1.807, 2.05) is 12.1 Å². The number of amides is 1. The van der Waals surface area contributed by atoms with Crippen LogP contribution in [0.4, 0.5) is 0 Å². The minimum absolute atomic E-state index is 0.328. The first-order valence-electron chi connectivity index (χ1n) is 9.48. The summed E-state index contributed by atoms with van der Waals surface area (Å²) in [5, 5.41) is 1.16. The molecule has 0 saturated heterocycles. The predicted molar refractivity (Wildman–Crippen MR) is 111 cm³/mol. The van der Waals surface area contributed by atoms with Gasteiger partial charge in [-0.3, -0.25) is 4.79 Å². The van der Waals surface area contributed by atoms with Crippen molar-refractivity contribution in [3.05, 3.63) is 77.5 Å². The topological polar surface area (TPSA) is 48.0 Å². The SMILES string of the molecule is Cc1ccccc1Sc1cccn1-c1ccc(C(N)=O)c(C2CCCC2)c1. The summed E-state index contributed by atoms with van der Waals surface area (Å²) < 4.78 is 2.19. The fraction of sp³-hybridized carbons (Fsp3) is 0.261. The van der Waals surface area contributed by atoms with Gasteiger partial charge < -0.3 is 10.3 Å². The van der Waals surface area contributed by atoms with Gasteiger partial charge in [0, 0.05) is 22.3 Å². The summed E-state index contributed by atoms with van der Waals surface area (Å²) in [7, 11) is 0. The number of benzene rings is 2. The van der Waals surface area contributed by atoms with E-state index in [0.29, 0.717) is 11.5 Å². The number of aromatic nitrogens is 1. The van der Waals surface area contributed by atoms with E-state index in [-0.39, 0.29) is 5.91 Å². The maximum absolute atomic E-state index is 11.9. The quantitative estimate of drug-likeness (QED) is 0.621. The lowest BCUT2D eigenvalue weighted by Crippen LogP contribution is -2.15. The summed E-state index contributed by atoms with van der Waals surface area (Å²) in [6, 6.07) is 18.7. The normalized spacial score (nSPS) is 14.6. The Kier molecular flexibility index (Phi) is 5.08. The Morgan fingerprint density at radius 2 is 1.85 bits per heavy atom. The van der Waals surface area contributed by atoms with Gasteiger partial charge >= 0.3 is 0 Å². The van der Waals surface area contributed by atoms with E-state index in [4.69, 9.17) is 5.73 Å². The van der Waals surface area contributed by atoms with Crippen molar-refractivity contribution in [1.29, 1.82) is 0 Å². The van der Waals surface area contributed by atoms with Crippen molar-refractivity contribution in [2.24, 2.45) is 5.73 Å². The Hall–Kier alpha value is -2.46. The van der Waals surface area contributed by atoms with Crippen LogP contribution in [-0.2, 0) is 0 Å². The van der Waals surface area contributed by atoms with E-state index in [1.54, 1.807) is 11.8 Å². The second-order valence-corrected chi connectivity index (χ2v) is 8.26. The van der Waals surface area contributed by atoms with Gasteiger partial charge in [-0.1, -0.05) is 42.8 Å². The molecule has 4 heteroatoms. The molecule has 0 unspecified atom stereocenters. The van der Waals surface area contributed by atoms with Crippen LogP contribution in [0.2, 0.25) is 0 Å². The highest BCUT2D eigenvalue weighted by atomic mass is 32.2. The van der Waals surface area contributed by atoms with Gasteiger partial charge in [0.1, 0.15) is 0 Å². The van der Waals surface area contributed by atoms with Crippen LogP contribution in [0.15, 0.2) is 70.7 Å². The highest BCUT2D eigenvalue weighted by Crippen LogP contribution is 2.38. The Bertz CT molecular complexity index is 970. The van der Waals surface area contributed by atoms with E-state index >= 15 is 0 Å². The highest BCUT2D eigenvalue weighted by Gasteiger charge is 2.22. The van der Waals surface area contributed by atoms with E-state index < -0.39 is 0 Å². The van der Waals surface area contributed by atoms with E-state index in [9.17, 15) is 4.79 Å². The van der Waals surface area contributed by atoms with Crippen molar-refractivity contribution in [2.45, 2.75) is 48.4 Å². The zero-order valence-electron chi connectivity index (χ0n) is 15.5. The second-order valence-electron chi connectivity index (χ2n) is 7.20. The summed E-state index contributed by atoms with van der Waals surface area (Å²) in [4.78, 5) is 13.2. The molecule has 1 aliphatic rings. The monoisotopic (exact) mass is 376 g/mol. The van der Waals surface area contributed by atoms with Gasteiger partial charge in [-0.2, -0.15) is 0 Å². The van der Waals surface area contributed by atoms with Gasteiger partial charge in [0.15, 0.2) is 0 Å². The molecular weight excluding hydrogens is 352 g/mol. The summed E-state index contributed by atoms with van der Waals surface area (Å²) in [6.07, 6.45) is 6.81. The van der Waals surface area contributed by atoms with E-state index in [1.165, 1.54) is 23.3 Å². The lowest BCUT2D eigenvalue weighted by molar-refractivity contribution is 0.0999. The Morgan fingerprint density at radius 3 is 2.59 bits per heavy atom. The molecule has 4 rings (SSSR count). The Morgan fingerprint density at radius 1 is 1.07 bits per heavy atom. The summed E-state index contributed by atoms with van der Waals surface area (Å²) >= 11 is 1.76. The number of carbonyl (C=O) groups excluding carboxylic acids is 1. The highest BCUT2D eigenvalue weighted by molar-refractivity contribution is 7.99. The van der Waals surface area contributed by atoms with Crippen LogP contribution in [0, 0.1) is 6.92 Å². The standard InChI is InChI=1S/C23H24N2OS/c1-16-7-2-5-10-21(16)27-22-11-6-14-25(22)18-12-13-19(23(24)26)20(15-18)17-8-3-4-9-17/h2,5-7,10-15,17H,3-4,8-9H2,1H3,(H2,24,26). The van der Waals surface area contributed by atoms with Gasteiger partial charge in [0.25, 0.3) is 0 Å². The van der Waals surface area contributed by atoms with Crippen molar-refractivity contribution < 1.29 is 4.79 Å². The molecule has 1 saturated carbocycles. The third-order valence-corrected chi connectivity index (χ3v) is 6.61. The van der Waals surface area contributed by atoms with Crippen LogP contribution in [0.1, 0.15) is 53.1 Å². The van der Waals surface area contributed by atoms with Crippen LogP contribution in [0.25, 0.3) is 5.69 Å². The van der Waals surface area contributed by atoms with Crippen LogP contribution < -0.4 is 5.73 Å². The minimum Gasteiger partial charge on any atom is -0.366 e. The molecule has 3 nitrogen and oxygen atoms in total. The molecule has 0 bridgehead atoms. The molecule has 0 radical (unpaired) electrons. The van der Waals surface area contributed by atoms with Gasteiger partial charge in [-0.05, 0) is 73.2 Å². The molecular formula is C23H24N2OS. The van der Waals surface area contributed by atoms with Crippen molar-refractivity contribution >= 4 is 17.7 Å². The molecule has 1 aliphatic carbocycles. The average molecular weight is 377 g/mol. The number of nitrogens with zero attached hydrogens (tertiary/aromatic N) is 1. The predicted octanol–water partition coefficient (Wildman–Crippen LogP) is 5.69. The first-order chi connectivity index (χ1) is 13.1. The van der Waals surface area contributed by atoms with Gasteiger partial charge in [0.05, 0.1) is 5.03 Å². The molecule has 0 aliphatic heterocycles. The van der Waals surface area contributed by atoms with Crippen molar-refractivity contribution in [3.8, 4) is 5.69 Å². The molecule has 1 heterocycles. The van der Waals surface area contributed by atoms with Crippen molar-refractivity contribution in [3.63, 3.8) is 0 Å². The van der Waals surface area contributed by atoms with Gasteiger partial charge in [0.2, 0.25) is 5.91 Å². The van der Waals surface area contributed by atoms with Crippen LogP contribution in [-0.4, -0.2) is 10.5 Å². The lowest BCUT2D eigenvalue weighted by Gasteiger charge is -2.17. The molecule has 0 spiro atoms. The average Bonchev–Trinajstić information content (AvgIpc) is 3.35. The maximum atomic E-state index is 11.9. The summed E-state index contributed by atoms with van der Waals surface area (Å²) in [5.41, 5.74) is 9.79. The first-order valence-corrected chi connectivity index (χ1v) is 10.3. The van der Waals surface area contributed by atoms with E-state index in [2.05, 4.69) is 60.2 Å². The second kappa shape index (κ2) is 7.65. The lowest BCUT2D eigenvalue weighted by atomic mass is 9.92. The third-order valence-electron chi connectivity index (χ3n) is 5.39. The zero-order chi connectivity index (χ0) is 18.8. The first kappa shape index (κ1) is 17.9. The number of primary amides is 1. The molecule has 138 valence electrons. The number of hydrogen-bond acceptors (Lipinski definition) is 2. The number of hydrogen-bond donors (Lipinski definition) is 1. The number of rotatable bonds is 5. The molecule has 1 fully saturated rings. The van der Waals surface area contributed by atoms with Crippen molar-refractivity contribution in [1.82, 2.24) is 4.57 Å². The Labute approximate surface area is 164 Å². The third kappa shape index (κ3) is 3.67. The maximum Gasteiger partial charge on any atom is 0.248 e. The summed E-state index contributed by atoms with van der Waals surface area (Å²) in [5.74, 6) is 0.112. The van der Waals surface area contributed by atoms with E-state index in [0.717, 1.165) is 29.1 Å². The minimum atomic E-state index is -0.328. The number of carbonyl (C=O) groups is 1. The van der Waals surface area contributed by atoms with Crippen molar-refractivity contribution in [2.75, 3.05) is 0 Å². The molecule has 27 heavy (non-hydrogen) atoms. The molecule has 2 aromatic carbocycles. The van der Waals surface area contributed by atoms with Gasteiger partial charge in [-0.15, -0.1) is 0 Å². The largest absolute Gasteiger partial charge is 0.366 e. The summed E-state index contributed by atoms with van der Waals surface area (Å²) in [6.45, 7) is 2.13. The smallest absolute Gasteiger partial charge is 0.248 e. The molecule has 1 aromatic heterocycles. The van der Waals surface area contributed by atoms with Gasteiger partial charge in [-0.25, -0.2) is 0 Å². The fourth-order valence-electron chi connectivity index (χ4n) is 3.94. The number of aryl methyl sites for hydroxylation is 1.